The summed E-state index contributed by atoms with van der Waals surface area (Å²) in [5, 5.41) is 12.9. The molecule has 1 heterocycles. The quantitative estimate of drug-likeness (QED) is 0.817. The molecule has 5 nitrogen and oxygen atoms in total. The average Bonchev–Trinajstić information content (AvgIpc) is 2.66. The molecule has 0 saturated carbocycles. The number of carbonyl (C=O) groups excluding carboxylic acids is 1. The van der Waals surface area contributed by atoms with Crippen LogP contribution in [-0.2, 0) is 10.2 Å². The number of ether oxygens (including phenoxy) is 1. The van der Waals surface area contributed by atoms with Crippen molar-refractivity contribution in [3.63, 3.8) is 0 Å². The Balaban J connectivity index is 1.82. The van der Waals surface area contributed by atoms with Crippen molar-refractivity contribution in [1.82, 2.24) is 5.32 Å². The lowest BCUT2D eigenvalue weighted by Crippen LogP contribution is -2.44. The van der Waals surface area contributed by atoms with Crippen LogP contribution in [0.2, 0.25) is 5.02 Å². The van der Waals surface area contributed by atoms with Gasteiger partial charge in [0, 0.05) is 35.8 Å². The summed E-state index contributed by atoms with van der Waals surface area (Å²) in [6.45, 7) is 3.45. The van der Waals surface area contributed by atoms with E-state index in [-0.39, 0.29) is 16.9 Å². The molecule has 2 aromatic carbocycles. The van der Waals surface area contributed by atoms with Crippen molar-refractivity contribution in [2.24, 2.45) is 0 Å². The lowest BCUT2D eigenvalue weighted by Gasteiger charge is -2.38. The molecule has 1 aliphatic rings. The number of nitrogens with one attached hydrogen (secondary N) is 1. The second-order valence-corrected chi connectivity index (χ2v) is 7.42. The van der Waals surface area contributed by atoms with Crippen LogP contribution in [0.25, 0.3) is 0 Å². The van der Waals surface area contributed by atoms with Crippen LogP contribution in [0, 0.1) is 6.92 Å². The van der Waals surface area contributed by atoms with E-state index in [1.54, 1.807) is 19.1 Å². The Morgan fingerprint density at radius 3 is 2.52 bits per heavy atom. The summed E-state index contributed by atoms with van der Waals surface area (Å²) in [7, 11) is 0. The Kier molecular flexibility index (Phi) is 5.82. The third-order valence-electron chi connectivity index (χ3n) is 5.06. The Bertz CT molecular complexity index is 859. The zero-order chi connectivity index (χ0) is 19.4. The molecule has 0 radical (unpaired) electrons. The maximum absolute atomic E-state index is 12.7. The first kappa shape index (κ1) is 19.4. The van der Waals surface area contributed by atoms with Crippen molar-refractivity contribution in [3.05, 3.63) is 69.7 Å². The molecule has 0 spiro atoms. The Labute approximate surface area is 163 Å². The van der Waals surface area contributed by atoms with Gasteiger partial charge in [-0.25, -0.2) is 4.79 Å². The van der Waals surface area contributed by atoms with Crippen molar-refractivity contribution in [3.8, 4) is 0 Å². The van der Waals surface area contributed by atoms with E-state index in [1.165, 1.54) is 6.07 Å². The molecule has 3 rings (SSSR count). The summed E-state index contributed by atoms with van der Waals surface area (Å²) in [5.74, 6) is -1.33. The standard InChI is InChI=1S/C21H22ClNO4/c1-14-9-15(11-16(10-14)20(25)26)19(24)23-13-21(5-7-27-8-6-21)17-3-2-4-18(22)12-17/h2-4,9-12H,5-8,13H2,1H3,(H,23,24)(H,25,26). The number of hydrogen-bond acceptors (Lipinski definition) is 3. The van der Waals surface area contributed by atoms with Crippen LogP contribution in [0.15, 0.2) is 42.5 Å². The highest BCUT2D eigenvalue weighted by Crippen LogP contribution is 2.35. The summed E-state index contributed by atoms with van der Waals surface area (Å²) in [4.78, 5) is 23.9. The van der Waals surface area contributed by atoms with Crippen molar-refractivity contribution >= 4 is 23.5 Å². The molecule has 6 heteroatoms. The fourth-order valence-corrected chi connectivity index (χ4v) is 3.73. The number of carbonyl (C=O) groups is 2. The minimum absolute atomic E-state index is 0.107. The monoisotopic (exact) mass is 387 g/mol. The number of rotatable bonds is 5. The van der Waals surface area contributed by atoms with E-state index in [0.29, 0.717) is 30.3 Å². The molecule has 0 atom stereocenters. The summed E-state index contributed by atoms with van der Waals surface area (Å²) >= 11 is 6.17. The van der Waals surface area contributed by atoms with E-state index in [4.69, 9.17) is 16.3 Å². The molecule has 0 aromatic heterocycles. The Morgan fingerprint density at radius 2 is 1.85 bits per heavy atom. The molecule has 0 unspecified atom stereocenters. The summed E-state index contributed by atoms with van der Waals surface area (Å²) in [6.07, 6.45) is 1.56. The number of carboxylic acid groups (broad SMARTS) is 1. The fraction of sp³-hybridized carbons (Fsp3) is 0.333. The highest BCUT2D eigenvalue weighted by atomic mass is 35.5. The molecular formula is C21H22ClNO4. The van der Waals surface area contributed by atoms with E-state index in [9.17, 15) is 14.7 Å². The lowest BCUT2D eigenvalue weighted by molar-refractivity contribution is 0.0487. The van der Waals surface area contributed by atoms with Crippen LogP contribution in [0.1, 0.15) is 44.7 Å². The predicted molar refractivity (Wildman–Crippen MR) is 104 cm³/mol. The summed E-state index contributed by atoms with van der Waals surface area (Å²) in [5.41, 5.74) is 2.01. The van der Waals surface area contributed by atoms with Gasteiger partial charge < -0.3 is 15.2 Å². The van der Waals surface area contributed by atoms with E-state index >= 15 is 0 Å². The third kappa shape index (κ3) is 4.49. The van der Waals surface area contributed by atoms with Crippen LogP contribution >= 0.6 is 11.6 Å². The van der Waals surface area contributed by atoms with Crippen LogP contribution in [0.4, 0.5) is 0 Å². The van der Waals surface area contributed by atoms with Crippen molar-refractivity contribution in [2.45, 2.75) is 25.2 Å². The van der Waals surface area contributed by atoms with Gasteiger partial charge in [-0.1, -0.05) is 23.7 Å². The second kappa shape index (κ2) is 8.11. The minimum atomic E-state index is -1.05. The van der Waals surface area contributed by atoms with Gasteiger partial charge in [0.1, 0.15) is 0 Å². The van der Waals surface area contributed by atoms with Crippen molar-refractivity contribution < 1.29 is 19.4 Å². The fourth-order valence-electron chi connectivity index (χ4n) is 3.54. The molecule has 2 aromatic rings. The first-order valence-corrected chi connectivity index (χ1v) is 9.24. The van der Waals surface area contributed by atoms with Crippen molar-refractivity contribution in [1.29, 1.82) is 0 Å². The average molecular weight is 388 g/mol. The zero-order valence-corrected chi connectivity index (χ0v) is 15.9. The highest BCUT2D eigenvalue weighted by molar-refractivity contribution is 6.30. The maximum atomic E-state index is 12.7. The van der Waals surface area contributed by atoms with Crippen LogP contribution in [0.3, 0.4) is 0 Å². The van der Waals surface area contributed by atoms with Gasteiger partial charge in [-0.2, -0.15) is 0 Å². The van der Waals surface area contributed by atoms with Crippen LogP contribution in [-0.4, -0.2) is 36.7 Å². The first-order chi connectivity index (χ1) is 12.9. The van der Waals surface area contributed by atoms with Gasteiger partial charge in [-0.3, -0.25) is 4.79 Å². The largest absolute Gasteiger partial charge is 0.478 e. The molecule has 27 heavy (non-hydrogen) atoms. The molecular weight excluding hydrogens is 366 g/mol. The molecule has 0 bridgehead atoms. The van der Waals surface area contributed by atoms with Gasteiger partial charge in [0.05, 0.1) is 5.56 Å². The molecule has 2 N–H and O–H groups in total. The molecule has 1 aliphatic heterocycles. The van der Waals surface area contributed by atoms with Gasteiger partial charge in [0.15, 0.2) is 0 Å². The first-order valence-electron chi connectivity index (χ1n) is 8.87. The van der Waals surface area contributed by atoms with Gasteiger partial charge in [-0.15, -0.1) is 0 Å². The van der Waals surface area contributed by atoms with E-state index in [0.717, 1.165) is 24.0 Å². The predicted octanol–water partition coefficient (Wildman–Crippen LogP) is 3.82. The summed E-state index contributed by atoms with van der Waals surface area (Å²) in [6, 6.07) is 12.4. The SMILES string of the molecule is Cc1cc(C(=O)O)cc(C(=O)NCC2(c3cccc(Cl)c3)CCOCC2)c1. The molecule has 142 valence electrons. The third-order valence-corrected chi connectivity index (χ3v) is 5.30. The number of aromatic carboxylic acids is 1. The number of halogens is 1. The number of benzene rings is 2. The van der Waals surface area contributed by atoms with E-state index in [1.807, 2.05) is 24.3 Å². The lowest BCUT2D eigenvalue weighted by atomic mass is 9.74. The highest BCUT2D eigenvalue weighted by Gasteiger charge is 2.35. The van der Waals surface area contributed by atoms with Gasteiger partial charge >= 0.3 is 5.97 Å². The Hall–Kier alpha value is -2.37. The van der Waals surface area contributed by atoms with E-state index in [2.05, 4.69) is 5.32 Å². The smallest absolute Gasteiger partial charge is 0.335 e. The van der Waals surface area contributed by atoms with Gasteiger partial charge in [0.2, 0.25) is 0 Å². The number of hydrogen-bond donors (Lipinski definition) is 2. The van der Waals surface area contributed by atoms with Crippen LogP contribution < -0.4 is 5.32 Å². The summed E-state index contributed by atoms with van der Waals surface area (Å²) < 4.78 is 5.51. The van der Waals surface area contributed by atoms with Gasteiger partial charge in [-0.05, 0) is 61.2 Å². The maximum Gasteiger partial charge on any atom is 0.335 e. The zero-order valence-electron chi connectivity index (χ0n) is 15.1. The second-order valence-electron chi connectivity index (χ2n) is 6.98. The van der Waals surface area contributed by atoms with Crippen molar-refractivity contribution in [2.75, 3.05) is 19.8 Å². The number of aryl methyl sites for hydroxylation is 1. The molecule has 0 aliphatic carbocycles. The van der Waals surface area contributed by atoms with Gasteiger partial charge in [0.25, 0.3) is 5.91 Å². The van der Waals surface area contributed by atoms with Crippen LogP contribution in [0.5, 0.6) is 0 Å². The van der Waals surface area contributed by atoms with E-state index < -0.39 is 5.97 Å². The topological polar surface area (TPSA) is 75.6 Å². The minimum Gasteiger partial charge on any atom is -0.478 e. The molecule has 1 fully saturated rings. The Morgan fingerprint density at radius 1 is 1.15 bits per heavy atom. The molecule has 1 saturated heterocycles. The number of amides is 1. The molecule has 1 amide bonds. The number of carboxylic acids is 1. The normalized spacial score (nSPS) is 15.9.